The molecule has 0 radical (unpaired) electrons. The van der Waals surface area contributed by atoms with Gasteiger partial charge in [-0.2, -0.15) is 10.1 Å². The predicted octanol–water partition coefficient (Wildman–Crippen LogP) is 2.54. The maximum Gasteiger partial charge on any atom is 0.344 e. The highest BCUT2D eigenvalue weighted by Gasteiger charge is 2.59. The summed E-state index contributed by atoms with van der Waals surface area (Å²) in [5, 5.41) is 5.15. The molecule has 0 N–H and O–H groups in total. The Bertz CT molecular complexity index is 929. The number of carbonyl (C=O) groups excluding carboxylic acids is 3. The van der Waals surface area contributed by atoms with Crippen molar-refractivity contribution >= 4 is 39.9 Å². The SMILES string of the molecule is CCOC(=O)COc1c(C=NN2C(=O)[C@@H]3[C@H](C2=O)[C@H]2C=C[C@H]3C2)cc(Br)cc1OC. The van der Waals surface area contributed by atoms with Crippen LogP contribution in [0.4, 0.5) is 0 Å². The topological polar surface area (TPSA) is 94.5 Å². The Kier molecular flexibility index (Phi) is 5.64. The molecule has 4 atom stereocenters. The summed E-state index contributed by atoms with van der Waals surface area (Å²) in [6.45, 7) is 1.64. The van der Waals surface area contributed by atoms with E-state index in [1.165, 1.54) is 13.3 Å². The lowest BCUT2D eigenvalue weighted by molar-refractivity contribution is -0.145. The van der Waals surface area contributed by atoms with Crippen LogP contribution in [0.2, 0.25) is 0 Å². The summed E-state index contributed by atoms with van der Waals surface area (Å²) in [6.07, 6.45) is 6.30. The maximum absolute atomic E-state index is 12.8. The van der Waals surface area contributed by atoms with Crippen LogP contribution in [0.5, 0.6) is 11.5 Å². The third-order valence-corrected chi connectivity index (χ3v) is 6.13. The largest absolute Gasteiger partial charge is 0.493 e. The number of carbonyl (C=O) groups is 3. The van der Waals surface area contributed by atoms with Crippen LogP contribution in [0, 0.1) is 23.7 Å². The van der Waals surface area contributed by atoms with E-state index in [1.54, 1.807) is 19.1 Å². The molecule has 2 bridgehead atoms. The summed E-state index contributed by atoms with van der Waals surface area (Å²) in [4.78, 5) is 37.3. The van der Waals surface area contributed by atoms with Crippen molar-refractivity contribution in [2.75, 3.05) is 20.3 Å². The van der Waals surface area contributed by atoms with Crippen LogP contribution < -0.4 is 9.47 Å². The lowest BCUT2D eigenvalue weighted by Gasteiger charge is -2.14. The number of fused-ring (bicyclic) bond motifs is 5. The van der Waals surface area contributed by atoms with Gasteiger partial charge in [-0.25, -0.2) is 4.79 Å². The van der Waals surface area contributed by atoms with Gasteiger partial charge in [-0.15, -0.1) is 0 Å². The minimum Gasteiger partial charge on any atom is -0.493 e. The molecule has 4 rings (SSSR count). The smallest absolute Gasteiger partial charge is 0.344 e. The molecule has 30 heavy (non-hydrogen) atoms. The number of hydrazone groups is 1. The summed E-state index contributed by atoms with van der Waals surface area (Å²) in [7, 11) is 1.47. The number of imide groups is 1. The van der Waals surface area contributed by atoms with Crippen molar-refractivity contribution in [1.82, 2.24) is 5.01 Å². The van der Waals surface area contributed by atoms with Crippen LogP contribution in [0.15, 0.2) is 33.9 Å². The van der Waals surface area contributed by atoms with Crippen molar-refractivity contribution in [3.8, 4) is 11.5 Å². The molecule has 1 heterocycles. The lowest BCUT2D eigenvalue weighted by atomic mass is 9.85. The van der Waals surface area contributed by atoms with Gasteiger partial charge >= 0.3 is 5.97 Å². The van der Waals surface area contributed by atoms with Crippen molar-refractivity contribution in [3.05, 3.63) is 34.3 Å². The first kappa shape index (κ1) is 20.6. The second-order valence-corrected chi connectivity index (χ2v) is 8.27. The molecule has 1 aliphatic heterocycles. The van der Waals surface area contributed by atoms with Gasteiger partial charge in [0, 0.05) is 10.0 Å². The van der Waals surface area contributed by atoms with Crippen LogP contribution in [0.3, 0.4) is 0 Å². The normalized spacial score (nSPS) is 26.6. The minimum atomic E-state index is -0.522. The number of allylic oxidation sites excluding steroid dienone is 2. The molecule has 0 aromatic heterocycles. The van der Waals surface area contributed by atoms with E-state index < -0.39 is 5.97 Å². The highest BCUT2D eigenvalue weighted by atomic mass is 79.9. The molecule has 1 aromatic carbocycles. The van der Waals surface area contributed by atoms with Crippen LogP contribution in [-0.4, -0.2) is 49.3 Å². The summed E-state index contributed by atoms with van der Waals surface area (Å²) < 4.78 is 16.5. The predicted molar refractivity (Wildman–Crippen MR) is 110 cm³/mol. The van der Waals surface area contributed by atoms with Crippen LogP contribution in [0.25, 0.3) is 0 Å². The molecular formula is C21H21BrN2O6. The average molecular weight is 477 g/mol. The number of halogens is 1. The Hall–Kier alpha value is -2.68. The number of esters is 1. The maximum atomic E-state index is 12.8. The summed E-state index contributed by atoms with van der Waals surface area (Å²) in [5.41, 5.74) is 0.448. The number of rotatable bonds is 7. The molecule has 0 spiro atoms. The number of benzene rings is 1. The Balaban J connectivity index is 1.58. The van der Waals surface area contributed by atoms with Gasteiger partial charge < -0.3 is 14.2 Å². The molecule has 1 saturated heterocycles. The quantitative estimate of drug-likeness (QED) is 0.259. The fourth-order valence-corrected chi connectivity index (χ4v) is 4.90. The zero-order valence-corrected chi connectivity index (χ0v) is 18.1. The van der Waals surface area contributed by atoms with Crippen molar-refractivity contribution < 1.29 is 28.6 Å². The van der Waals surface area contributed by atoms with Gasteiger partial charge in [0.25, 0.3) is 11.8 Å². The molecule has 8 nitrogen and oxygen atoms in total. The zero-order valence-electron chi connectivity index (χ0n) is 16.5. The third-order valence-electron chi connectivity index (χ3n) is 5.67. The molecular weight excluding hydrogens is 456 g/mol. The van der Waals surface area contributed by atoms with Gasteiger partial charge in [0.1, 0.15) is 0 Å². The Morgan fingerprint density at radius 1 is 1.23 bits per heavy atom. The van der Waals surface area contributed by atoms with Gasteiger partial charge in [-0.1, -0.05) is 28.1 Å². The number of nitrogens with zero attached hydrogens (tertiary/aromatic N) is 2. The second-order valence-electron chi connectivity index (χ2n) is 7.35. The van der Waals surface area contributed by atoms with E-state index in [2.05, 4.69) is 21.0 Å². The van der Waals surface area contributed by atoms with Gasteiger partial charge in [-0.05, 0) is 37.3 Å². The number of hydrogen-bond donors (Lipinski definition) is 0. The van der Waals surface area contributed by atoms with E-state index in [4.69, 9.17) is 14.2 Å². The molecule has 0 unspecified atom stereocenters. The summed E-state index contributed by atoms with van der Waals surface area (Å²) >= 11 is 3.39. The standard InChI is InChI=1S/C21H21BrN2O6/c1-3-29-16(25)10-30-19-13(7-14(22)8-15(19)28-2)9-23-24-20(26)17-11-4-5-12(6-11)18(17)21(24)27/h4-5,7-9,11-12,17-18H,3,6,10H2,1-2H3/t11-,12-,17-,18+/m0/s1. The first-order chi connectivity index (χ1) is 14.4. The van der Waals surface area contributed by atoms with E-state index in [0.717, 1.165) is 11.4 Å². The molecule has 158 valence electrons. The average Bonchev–Trinajstić information content (AvgIpc) is 3.40. The Morgan fingerprint density at radius 2 is 1.90 bits per heavy atom. The molecule has 2 amide bonds. The summed E-state index contributed by atoms with van der Waals surface area (Å²) in [5.74, 6) is -0.833. The van der Waals surface area contributed by atoms with E-state index >= 15 is 0 Å². The molecule has 2 aliphatic carbocycles. The highest BCUT2D eigenvalue weighted by Crippen LogP contribution is 2.52. The van der Waals surface area contributed by atoms with E-state index in [-0.39, 0.29) is 54.4 Å². The van der Waals surface area contributed by atoms with E-state index in [1.807, 2.05) is 12.2 Å². The van der Waals surface area contributed by atoms with Crippen molar-refractivity contribution in [1.29, 1.82) is 0 Å². The van der Waals surface area contributed by atoms with Gasteiger partial charge in [0.2, 0.25) is 0 Å². The molecule has 2 fully saturated rings. The van der Waals surface area contributed by atoms with E-state index in [9.17, 15) is 14.4 Å². The van der Waals surface area contributed by atoms with Crippen LogP contribution >= 0.6 is 15.9 Å². The molecule has 1 aromatic rings. The highest BCUT2D eigenvalue weighted by molar-refractivity contribution is 9.10. The third kappa shape index (κ3) is 3.51. The van der Waals surface area contributed by atoms with Crippen LogP contribution in [-0.2, 0) is 19.1 Å². The first-order valence-corrected chi connectivity index (χ1v) is 10.5. The number of amides is 2. The first-order valence-electron chi connectivity index (χ1n) is 9.70. The minimum absolute atomic E-state index is 0.117. The molecule has 9 heteroatoms. The fraction of sp³-hybridized carbons (Fsp3) is 0.429. The van der Waals surface area contributed by atoms with Gasteiger partial charge in [-0.3, -0.25) is 9.59 Å². The van der Waals surface area contributed by atoms with E-state index in [0.29, 0.717) is 15.8 Å². The number of methoxy groups -OCH3 is 1. The molecule has 1 saturated carbocycles. The van der Waals surface area contributed by atoms with Crippen molar-refractivity contribution in [3.63, 3.8) is 0 Å². The number of hydrogen-bond acceptors (Lipinski definition) is 7. The summed E-state index contributed by atoms with van der Waals surface area (Å²) in [6, 6.07) is 3.38. The van der Waals surface area contributed by atoms with Gasteiger partial charge in [0.05, 0.1) is 31.8 Å². The molecule has 3 aliphatic rings. The second kappa shape index (κ2) is 8.22. The van der Waals surface area contributed by atoms with Crippen molar-refractivity contribution in [2.24, 2.45) is 28.8 Å². The Morgan fingerprint density at radius 3 is 2.50 bits per heavy atom. The number of ether oxygens (including phenoxy) is 3. The van der Waals surface area contributed by atoms with Crippen LogP contribution in [0.1, 0.15) is 18.9 Å². The zero-order chi connectivity index (χ0) is 21.4. The van der Waals surface area contributed by atoms with Crippen molar-refractivity contribution in [2.45, 2.75) is 13.3 Å². The Labute approximate surface area is 182 Å². The fourth-order valence-electron chi connectivity index (χ4n) is 4.44. The van der Waals surface area contributed by atoms with Gasteiger partial charge in [0.15, 0.2) is 18.1 Å². The monoisotopic (exact) mass is 476 g/mol. The lowest BCUT2D eigenvalue weighted by Crippen LogP contribution is -2.28.